The lowest BCUT2D eigenvalue weighted by atomic mass is 10.1. The number of halogens is 3. The van der Waals surface area contributed by atoms with Crippen molar-refractivity contribution in [3.63, 3.8) is 0 Å². The summed E-state index contributed by atoms with van der Waals surface area (Å²) >= 11 is 0. The van der Waals surface area contributed by atoms with E-state index < -0.39 is 12.7 Å². The van der Waals surface area contributed by atoms with E-state index in [-0.39, 0.29) is 12.1 Å². The highest BCUT2D eigenvalue weighted by Gasteiger charge is 2.31. The van der Waals surface area contributed by atoms with Gasteiger partial charge in [-0.3, -0.25) is 4.90 Å². The van der Waals surface area contributed by atoms with Crippen molar-refractivity contribution in [1.82, 2.24) is 10.2 Å². The van der Waals surface area contributed by atoms with Gasteiger partial charge in [0.2, 0.25) is 0 Å². The van der Waals surface area contributed by atoms with Crippen molar-refractivity contribution in [2.75, 3.05) is 32.8 Å². The molecule has 1 fully saturated rings. The highest BCUT2D eigenvalue weighted by molar-refractivity contribution is 4.70. The number of alkyl halides is 3. The first-order valence-corrected chi connectivity index (χ1v) is 6.51. The number of rotatable bonds is 6. The third-order valence-corrected chi connectivity index (χ3v) is 3.13. The number of ether oxygens (including phenoxy) is 1. The molecule has 0 bridgehead atoms. The molecule has 0 aliphatic carbocycles. The van der Waals surface area contributed by atoms with E-state index in [0.717, 1.165) is 25.9 Å². The zero-order valence-corrected chi connectivity index (χ0v) is 11.1. The van der Waals surface area contributed by atoms with Crippen molar-refractivity contribution in [2.45, 2.75) is 45.0 Å². The fourth-order valence-electron chi connectivity index (χ4n) is 2.05. The summed E-state index contributed by atoms with van der Waals surface area (Å²) in [4.78, 5) is 1.40. The largest absolute Gasteiger partial charge is 0.401 e. The number of hydrogen-bond acceptors (Lipinski definition) is 3. The Bertz CT molecular complexity index is 228. The zero-order valence-electron chi connectivity index (χ0n) is 11.1. The predicted molar refractivity (Wildman–Crippen MR) is 64.6 cm³/mol. The second-order valence-electron chi connectivity index (χ2n) is 5.00. The molecule has 0 unspecified atom stereocenters. The molecule has 3 nitrogen and oxygen atoms in total. The van der Waals surface area contributed by atoms with Gasteiger partial charge < -0.3 is 10.1 Å². The Morgan fingerprint density at radius 1 is 1.28 bits per heavy atom. The van der Waals surface area contributed by atoms with Crippen molar-refractivity contribution in [1.29, 1.82) is 0 Å². The Kier molecular flexibility index (Phi) is 6.38. The first-order chi connectivity index (χ1) is 8.38. The molecule has 0 atom stereocenters. The van der Waals surface area contributed by atoms with Crippen LogP contribution < -0.4 is 5.32 Å². The molecule has 1 aliphatic heterocycles. The minimum atomic E-state index is -4.14. The van der Waals surface area contributed by atoms with E-state index in [4.69, 9.17) is 4.74 Å². The van der Waals surface area contributed by atoms with Crippen LogP contribution >= 0.6 is 0 Å². The van der Waals surface area contributed by atoms with E-state index in [2.05, 4.69) is 5.32 Å². The molecular weight excluding hydrogens is 245 g/mol. The van der Waals surface area contributed by atoms with Gasteiger partial charge in [-0.25, -0.2) is 0 Å². The SMILES string of the molecule is CC(C)N(CCOC1CCNCC1)CC(F)(F)F. The quantitative estimate of drug-likeness (QED) is 0.797. The van der Waals surface area contributed by atoms with Gasteiger partial charge in [0.1, 0.15) is 0 Å². The van der Waals surface area contributed by atoms with E-state index in [1.54, 1.807) is 13.8 Å². The Morgan fingerprint density at radius 3 is 2.39 bits per heavy atom. The Balaban J connectivity index is 2.24. The monoisotopic (exact) mass is 268 g/mol. The Morgan fingerprint density at radius 2 is 1.89 bits per heavy atom. The summed E-state index contributed by atoms with van der Waals surface area (Å²) in [5.74, 6) is 0. The standard InChI is InChI=1S/C12H23F3N2O/c1-10(2)17(9-12(13,14)15)7-8-18-11-3-5-16-6-4-11/h10-11,16H,3-9H2,1-2H3. The second-order valence-corrected chi connectivity index (χ2v) is 5.00. The molecule has 0 aromatic rings. The molecule has 1 rings (SSSR count). The molecule has 0 spiro atoms. The second kappa shape index (κ2) is 7.31. The molecular formula is C12H23F3N2O. The molecule has 1 N–H and O–H groups in total. The Hall–Kier alpha value is -0.330. The maximum Gasteiger partial charge on any atom is 0.401 e. The summed E-state index contributed by atoms with van der Waals surface area (Å²) in [5, 5.41) is 3.22. The molecule has 18 heavy (non-hydrogen) atoms. The van der Waals surface area contributed by atoms with Crippen LogP contribution in [0.3, 0.4) is 0 Å². The van der Waals surface area contributed by atoms with Crippen LogP contribution in [0.4, 0.5) is 13.2 Å². The molecule has 6 heteroatoms. The van der Waals surface area contributed by atoms with Crippen molar-refractivity contribution < 1.29 is 17.9 Å². The van der Waals surface area contributed by atoms with Crippen LogP contribution in [0.5, 0.6) is 0 Å². The normalized spacial score (nSPS) is 18.8. The molecule has 1 aliphatic rings. The van der Waals surface area contributed by atoms with Crippen LogP contribution in [0.2, 0.25) is 0 Å². The van der Waals surface area contributed by atoms with Crippen LogP contribution in [0, 0.1) is 0 Å². The van der Waals surface area contributed by atoms with Crippen molar-refractivity contribution in [2.24, 2.45) is 0 Å². The van der Waals surface area contributed by atoms with Gasteiger partial charge in [0.05, 0.1) is 19.3 Å². The summed E-state index contributed by atoms with van der Waals surface area (Å²) < 4.78 is 42.7. The average Bonchev–Trinajstić information content (AvgIpc) is 2.27. The van der Waals surface area contributed by atoms with E-state index in [9.17, 15) is 13.2 Å². The minimum Gasteiger partial charge on any atom is -0.377 e. The lowest BCUT2D eigenvalue weighted by Crippen LogP contribution is -2.42. The third-order valence-electron chi connectivity index (χ3n) is 3.13. The predicted octanol–water partition coefficient (Wildman–Crippen LogP) is 2.03. The average molecular weight is 268 g/mol. The van der Waals surface area contributed by atoms with Gasteiger partial charge in [-0.1, -0.05) is 0 Å². The van der Waals surface area contributed by atoms with Crippen LogP contribution in [-0.4, -0.2) is 56.0 Å². The lowest BCUT2D eigenvalue weighted by Gasteiger charge is -2.29. The summed E-state index contributed by atoms with van der Waals surface area (Å²) in [6.07, 6.45) is -2.05. The van der Waals surface area contributed by atoms with E-state index in [1.807, 2.05) is 0 Å². The fraction of sp³-hybridized carbons (Fsp3) is 1.00. The zero-order chi connectivity index (χ0) is 13.6. The third kappa shape index (κ3) is 6.56. The van der Waals surface area contributed by atoms with Crippen molar-refractivity contribution in [3.8, 4) is 0 Å². The number of nitrogens with one attached hydrogen (secondary N) is 1. The molecule has 1 heterocycles. The van der Waals surface area contributed by atoms with Gasteiger partial charge in [0, 0.05) is 12.6 Å². The van der Waals surface area contributed by atoms with Crippen LogP contribution in [-0.2, 0) is 4.74 Å². The summed E-state index contributed by atoms with van der Waals surface area (Å²) in [6, 6.07) is -0.122. The van der Waals surface area contributed by atoms with Gasteiger partial charge in [0.15, 0.2) is 0 Å². The smallest absolute Gasteiger partial charge is 0.377 e. The molecule has 0 radical (unpaired) electrons. The molecule has 0 saturated carbocycles. The summed E-state index contributed by atoms with van der Waals surface area (Å²) in [5.41, 5.74) is 0. The maximum absolute atomic E-state index is 12.4. The van der Waals surface area contributed by atoms with Gasteiger partial charge in [-0.15, -0.1) is 0 Å². The maximum atomic E-state index is 12.4. The Labute approximate surface area is 107 Å². The summed E-state index contributed by atoms with van der Waals surface area (Å²) in [7, 11) is 0. The van der Waals surface area contributed by atoms with Gasteiger partial charge in [-0.05, 0) is 39.8 Å². The highest BCUT2D eigenvalue weighted by Crippen LogP contribution is 2.18. The van der Waals surface area contributed by atoms with Gasteiger partial charge >= 0.3 is 6.18 Å². The topological polar surface area (TPSA) is 24.5 Å². The van der Waals surface area contributed by atoms with Crippen molar-refractivity contribution in [3.05, 3.63) is 0 Å². The van der Waals surface area contributed by atoms with Crippen molar-refractivity contribution >= 4 is 0 Å². The molecule has 108 valence electrons. The highest BCUT2D eigenvalue weighted by atomic mass is 19.4. The molecule has 0 amide bonds. The molecule has 0 aromatic heterocycles. The fourth-order valence-corrected chi connectivity index (χ4v) is 2.05. The van der Waals surface area contributed by atoms with Crippen LogP contribution in [0.25, 0.3) is 0 Å². The number of nitrogens with zero attached hydrogens (tertiary/aromatic N) is 1. The number of piperidine rings is 1. The first-order valence-electron chi connectivity index (χ1n) is 6.51. The lowest BCUT2D eigenvalue weighted by molar-refractivity contribution is -0.151. The summed E-state index contributed by atoms with van der Waals surface area (Å²) in [6.45, 7) is 5.26. The first kappa shape index (κ1) is 15.7. The molecule has 1 saturated heterocycles. The number of hydrogen-bond donors (Lipinski definition) is 1. The van der Waals surface area contributed by atoms with Crippen LogP contribution in [0.15, 0.2) is 0 Å². The van der Waals surface area contributed by atoms with Crippen LogP contribution in [0.1, 0.15) is 26.7 Å². The molecule has 0 aromatic carbocycles. The van der Waals surface area contributed by atoms with E-state index in [0.29, 0.717) is 13.2 Å². The van der Waals surface area contributed by atoms with E-state index >= 15 is 0 Å². The van der Waals surface area contributed by atoms with E-state index in [1.165, 1.54) is 4.90 Å². The van der Waals surface area contributed by atoms with Gasteiger partial charge in [-0.2, -0.15) is 13.2 Å². The minimum absolute atomic E-state index is 0.122. The van der Waals surface area contributed by atoms with Gasteiger partial charge in [0.25, 0.3) is 0 Å².